The summed E-state index contributed by atoms with van der Waals surface area (Å²) in [7, 11) is 3.91. The Labute approximate surface area is 57.2 Å². The standard InChI is InChI=1S/C6H17N3/c1-6(2,5-7)8-9(3)4/h8H,5,7H2,1-4H3. The molecular weight excluding hydrogens is 114 g/mol. The third kappa shape index (κ3) is 4.39. The Morgan fingerprint density at radius 3 is 2.00 bits per heavy atom. The predicted molar refractivity (Wildman–Crippen MR) is 40.0 cm³/mol. The Kier molecular flexibility index (Phi) is 3.11. The second-order valence-electron chi connectivity index (χ2n) is 3.09. The van der Waals surface area contributed by atoms with Crippen molar-refractivity contribution >= 4 is 0 Å². The molecule has 0 fully saturated rings. The SMILES string of the molecule is CN(C)NC(C)(C)CN. The summed E-state index contributed by atoms with van der Waals surface area (Å²) in [6, 6.07) is 0. The third-order valence-corrected chi connectivity index (χ3v) is 1.04. The Morgan fingerprint density at radius 2 is 1.89 bits per heavy atom. The summed E-state index contributed by atoms with van der Waals surface area (Å²) < 4.78 is 0. The predicted octanol–water partition coefficient (Wildman–Crippen LogP) is -0.210. The van der Waals surface area contributed by atoms with Gasteiger partial charge in [0.25, 0.3) is 0 Å². The van der Waals surface area contributed by atoms with Crippen molar-refractivity contribution in [2.24, 2.45) is 5.73 Å². The van der Waals surface area contributed by atoms with Gasteiger partial charge in [-0.3, -0.25) is 5.01 Å². The van der Waals surface area contributed by atoms with E-state index in [2.05, 4.69) is 19.3 Å². The average molecular weight is 131 g/mol. The molecular formula is C6H17N3. The smallest absolute Gasteiger partial charge is 0.0391 e. The van der Waals surface area contributed by atoms with Crippen LogP contribution >= 0.6 is 0 Å². The first kappa shape index (κ1) is 8.88. The van der Waals surface area contributed by atoms with Gasteiger partial charge in [0.2, 0.25) is 0 Å². The number of hydrazine groups is 1. The third-order valence-electron chi connectivity index (χ3n) is 1.04. The maximum absolute atomic E-state index is 5.47. The van der Waals surface area contributed by atoms with Crippen molar-refractivity contribution in [1.82, 2.24) is 10.4 Å². The lowest BCUT2D eigenvalue weighted by Crippen LogP contribution is -2.51. The van der Waals surface area contributed by atoms with Crippen molar-refractivity contribution in [1.29, 1.82) is 0 Å². The summed E-state index contributed by atoms with van der Waals surface area (Å²) in [5.41, 5.74) is 8.66. The van der Waals surface area contributed by atoms with E-state index >= 15 is 0 Å². The van der Waals surface area contributed by atoms with Crippen molar-refractivity contribution in [3.8, 4) is 0 Å². The van der Waals surface area contributed by atoms with Crippen LogP contribution in [0.4, 0.5) is 0 Å². The molecule has 9 heavy (non-hydrogen) atoms. The number of nitrogens with two attached hydrogens (primary N) is 1. The lowest BCUT2D eigenvalue weighted by molar-refractivity contribution is 0.190. The molecule has 0 radical (unpaired) electrons. The van der Waals surface area contributed by atoms with Crippen LogP contribution in [-0.2, 0) is 0 Å². The van der Waals surface area contributed by atoms with Gasteiger partial charge in [-0.05, 0) is 13.8 Å². The zero-order chi connectivity index (χ0) is 7.49. The van der Waals surface area contributed by atoms with E-state index < -0.39 is 0 Å². The van der Waals surface area contributed by atoms with E-state index in [0.717, 1.165) is 0 Å². The minimum absolute atomic E-state index is 0.0174. The van der Waals surface area contributed by atoms with Crippen molar-refractivity contribution < 1.29 is 0 Å². The van der Waals surface area contributed by atoms with Crippen LogP contribution < -0.4 is 11.2 Å². The zero-order valence-electron chi connectivity index (χ0n) is 6.73. The first-order chi connectivity index (χ1) is 3.98. The molecule has 0 heterocycles. The molecule has 0 atom stereocenters. The highest BCUT2D eigenvalue weighted by Crippen LogP contribution is 1.96. The highest BCUT2D eigenvalue weighted by atomic mass is 15.5. The fraction of sp³-hybridized carbons (Fsp3) is 1.00. The lowest BCUT2D eigenvalue weighted by Gasteiger charge is -2.28. The van der Waals surface area contributed by atoms with Gasteiger partial charge in [-0.15, -0.1) is 0 Å². The molecule has 0 aromatic rings. The quantitative estimate of drug-likeness (QED) is 0.521. The minimum atomic E-state index is 0.0174. The van der Waals surface area contributed by atoms with E-state index in [1.165, 1.54) is 0 Å². The first-order valence-electron chi connectivity index (χ1n) is 3.13. The molecule has 0 rings (SSSR count). The molecule has 3 nitrogen and oxygen atoms in total. The van der Waals surface area contributed by atoms with Gasteiger partial charge in [0, 0.05) is 26.2 Å². The molecule has 0 spiro atoms. The topological polar surface area (TPSA) is 41.3 Å². The van der Waals surface area contributed by atoms with Crippen molar-refractivity contribution in [3.63, 3.8) is 0 Å². The number of nitrogens with one attached hydrogen (secondary N) is 1. The van der Waals surface area contributed by atoms with E-state index in [1.54, 1.807) is 0 Å². The minimum Gasteiger partial charge on any atom is -0.329 e. The van der Waals surface area contributed by atoms with E-state index in [0.29, 0.717) is 6.54 Å². The van der Waals surface area contributed by atoms with Crippen LogP contribution in [0, 0.1) is 0 Å². The van der Waals surface area contributed by atoms with Crippen LogP contribution in [0.2, 0.25) is 0 Å². The van der Waals surface area contributed by atoms with Gasteiger partial charge in [0.15, 0.2) is 0 Å². The Hall–Kier alpha value is -0.120. The first-order valence-corrected chi connectivity index (χ1v) is 3.13. The summed E-state index contributed by atoms with van der Waals surface area (Å²) in [5.74, 6) is 0. The fourth-order valence-corrected chi connectivity index (χ4v) is 0.651. The normalized spacial score (nSPS) is 12.7. The van der Waals surface area contributed by atoms with E-state index in [9.17, 15) is 0 Å². The molecule has 0 unspecified atom stereocenters. The summed E-state index contributed by atoms with van der Waals surface area (Å²) in [6.07, 6.45) is 0. The van der Waals surface area contributed by atoms with Gasteiger partial charge >= 0.3 is 0 Å². The zero-order valence-corrected chi connectivity index (χ0v) is 6.73. The molecule has 0 aliphatic carbocycles. The molecule has 56 valence electrons. The van der Waals surface area contributed by atoms with E-state index in [4.69, 9.17) is 5.73 Å². The Balaban J connectivity index is 3.58. The van der Waals surface area contributed by atoms with Gasteiger partial charge in [-0.1, -0.05) is 0 Å². The molecule has 0 saturated heterocycles. The maximum atomic E-state index is 5.47. The van der Waals surface area contributed by atoms with Gasteiger partial charge in [0.05, 0.1) is 0 Å². The van der Waals surface area contributed by atoms with Crippen LogP contribution in [0.1, 0.15) is 13.8 Å². The fourth-order valence-electron chi connectivity index (χ4n) is 0.651. The Morgan fingerprint density at radius 1 is 1.44 bits per heavy atom. The lowest BCUT2D eigenvalue weighted by atomic mass is 10.1. The summed E-state index contributed by atoms with van der Waals surface area (Å²) in [5, 5.41) is 1.91. The molecule has 0 bridgehead atoms. The maximum Gasteiger partial charge on any atom is 0.0391 e. The summed E-state index contributed by atoms with van der Waals surface area (Å²) in [6.45, 7) is 4.77. The van der Waals surface area contributed by atoms with Gasteiger partial charge < -0.3 is 5.73 Å². The molecule has 3 N–H and O–H groups in total. The highest BCUT2D eigenvalue weighted by molar-refractivity contribution is 4.75. The van der Waals surface area contributed by atoms with Crippen LogP contribution in [0.3, 0.4) is 0 Å². The number of nitrogens with zero attached hydrogens (tertiary/aromatic N) is 1. The van der Waals surface area contributed by atoms with Crippen molar-refractivity contribution in [2.75, 3.05) is 20.6 Å². The molecule has 0 amide bonds. The van der Waals surface area contributed by atoms with Crippen LogP contribution in [0.15, 0.2) is 0 Å². The van der Waals surface area contributed by atoms with Crippen LogP contribution in [-0.4, -0.2) is 31.2 Å². The molecule has 3 heteroatoms. The summed E-state index contributed by atoms with van der Waals surface area (Å²) >= 11 is 0. The second kappa shape index (κ2) is 3.15. The highest BCUT2D eigenvalue weighted by Gasteiger charge is 2.14. The molecule has 0 saturated carbocycles. The van der Waals surface area contributed by atoms with Crippen molar-refractivity contribution in [3.05, 3.63) is 0 Å². The van der Waals surface area contributed by atoms with Crippen LogP contribution in [0.25, 0.3) is 0 Å². The molecule has 0 aliphatic heterocycles. The number of rotatable bonds is 3. The monoisotopic (exact) mass is 131 g/mol. The number of hydrogen-bond donors (Lipinski definition) is 2. The van der Waals surface area contributed by atoms with Gasteiger partial charge in [-0.25, -0.2) is 5.43 Å². The number of hydrogen-bond acceptors (Lipinski definition) is 3. The van der Waals surface area contributed by atoms with Crippen LogP contribution in [0.5, 0.6) is 0 Å². The van der Waals surface area contributed by atoms with Gasteiger partial charge in [-0.2, -0.15) is 0 Å². The summed E-state index contributed by atoms with van der Waals surface area (Å²) in [4.78, 5) is 0. The van der Waals surface area contributed by atoms with E-state index in [1.807, 2.05) is 19.1 Å². The van der Waals surface area contributed by atoms with Gasteiger partial charge in [0.1, 0.15) is 0 Å². The largest absolute Gasteiger partial charge is 0.329 e. The molecule has 0 aliphatic rings. The van der Waals surface area contributed by atoms with Crippen molar-refractivity contribution in [2.45, 2.75) is 19.4 Å². The molecule has 0 aromatic carbocycles. The molecule has 0 aromatic heterocycles. The second-order valence-corrected chi connectivity index (χ2v) is 3.09. The Bertz CT molecular complexity index is 78.4. The van der Waals surface area contributed by atoms with E-state index in [-0.39, 0.29) is 5.54 Å². The average Bonchev–Trinajstić information content (AvgIpc) is 1.63.